The molecule has 2 aromatic rings. The number of imidazole rings is 1. The third-order valence-corrected chi connectivity index (χ3v) is 4.07. The number of pyridine rings is 1. The van der Waals surface area contributed by atoms with Crippen molar-refractivity contribution in [1.82, 2.24) is 14.5 Å². The molecule has 114 valence electrons. The normalized spacial score (nSPS) is 21.3. The van der Waals surface area contributed by atoms with Gasteiger partial charge in [-0.2, -0.15) is 5.26 Å². The first-order valence-electron chi connectivity index (χ1n) is 7.07. The number of nitrogens with zero attached hydrogens (tertiary/aromatic N) is 4. The minimum absolute atomic E-state index is 0.0101. The maximum atomic E-state index is 8.85. The maximum Gasteiger partial charge on any atom is 0.145 e. The van der Waals surface area contributed by atoms with Gasteiger partial charge in [-0.15, -0.1) is 0 Å². The third kappa shape index (κ3) is 3.06. The number of hydrogen-bond donors (Lipinski definition) is 1. The van der Waals surface area contributed by atoms with E-state index in [1.54, 1.807) is 12.4 Å². The first kappa shape index (κ1) is 14.8. The van der Waals surface area contributed by atoms with Gasteiger partial charge in [-0.05, 0) is 18.9 Å². The first-order valence-corrected chi connectivity index (χ1v) is 7.45. The Morgan fingerprint density at radius 2 is 2.36 bits per heavy atom. The topological polar surface area (TPSA) is 75.8 Å². The molecule has 0 amide bonds. The summed E-state index contributed by atoms with van der Waals surface area (Å²) in [5.74, 6) is 0.608. The second-order valence-electron chi connectivity index (χ2n) is 5.32. The molecule has 0 aliphatic carbocycles. The van der Waals surface area contributed by atoms with E-state index in [4.69, 9.17) is 21.6 Å². The van der Waals surface area contributed by atoms with E-state index in [-0.39, 0.29) is 12.1 Å². The van der Waals surface area contributed by atoms with Crippen LogP contribution < -0.4 is 5.32 Å². The van der Waals surface area contributed by atoms with Gasteiger partial charge in [0.05, 0.1) is 28.8 Å². The zero-order valence-electron chi connectivity index (χ0n) is 12.2. The molecular formula is C15H16ClN5O. The molecule has 3 heterocycles. The number of ether oxygens (including phenoxy) is 1. The van der Waals surface area contributed by atoms with E-state index in [1.165, 1.54) is 6.20 Å². The van der Waals surface area contributed by atoms with Gasteiger partial charge >= 0.3 is 0 Å². The number of aromatic nitrogens is 3. The van der Waals surface area contributed by atoms with Crippen molar-refractivity contribution in [3.63, 3.8) is 0 Å². The summed E-state index contributed by atoms with van der Waals surface area (Å²) >= 11 is 6.17. The Balaban J connectivity index is 1.71. The highest BCUT2D eigenvalue weighted by atomic mass is 35.5. The molecule has 1 aliphatic heterocycles. The van der Waals surface area contributed by atoms with Crippen LogP contribution >= 0.6 is 11.6 Å². The van der Waals surface area contributed by atoms with Crippen molar-refractivity contribution >= 4 is 17.4 Å². The molecule has 7 heteroatoms. The van der Waals surface area contributed by atoms with Crippen molar-refractivity contribution in [3.05, 3.63) is 41.1 Å². The minimum Gasteiger partial charge on any atom is -0.372 e. The summed E-state index contributed by atoms with van der Waals surface area (Å²) in [5, 5.41) is 12.7. The molecule has 3 rings (SSSR count). The molecule has 1 saturated heterocycles. The SMILES string of the molecule is Cn1cncc1C1CC(Nc2ncc(C#N)cc2Cl)CCO1. The lowest BCUT2D eigenvalue weighted by molar-refractivity contribution is 0.00554. The van der Waals surface area contributed by atoms with Crippen molar-refractivity contribution in [2.75, 3.05) is 11.9 Å². The molecule has 0 aromatic carbocycles. The summed E-state index contributed by atoms with van der Waals surface area (Å²) in [4.78, 5) is 8.36. The Bertz CT molecular complexity index is 708. The van der Waals surface area contributed by atoms with Crippen LogP contribution in [-0.2, 0) is 11.8 Å². The molecule has 1 fully saturated rings. The van der Waals surface area contributed by atoms with E-state index in [9.17, 15) is 0 Å². The van der Waals surface area contributed by atoms with Crippen LogP contribution in [0.1, 0.15) is 30.2 Å². The van der Waals surface area contributed by atoms with Crippen molar-refractivity contribution in [3.8, 4) is 6.07 Å². The lowest BCUT2D eigenvalue weighted by Gasteiger charge is -2.30. The highest BCUT2D eigenvalue weighted by molar-refractivity contribution is 6.33. The van der Waals surface area contributed by atoms with Gasteiger partial charge in [0.25, 0.3) is 0 Å². The van der Waals surface area contributed by atoms with Gasteiger partial charge in [0.15, 0.2) is 0 Å². The Hall–Kier alpha value is -2.10. The van der Waals surface area contributed by atoms with Crippen molar-refractivity contribution in [1.29, 1.82) is 5.26 Å². The highest BCUT2D eigenvalue weighted by Gasteiger charge is 2.26. The van der Waals surface area contributed by atoms with Gasteiger partial charge in [0.1, 0.15) is 18.0 Å². The fraction of sp³-hybridized carbons (Fsp3) is 0.400. The largest absolute Gasteiger partial charge is 0.372 e. The number of anilines is 1. The van der Waals surface area contributed by atoms with Gasteiger partial charge in [0.2, 0.25) is 0 Å². The standard InChI is InChI=1S/C15H16ClN5O/c1-21-9-18-8-13(21)14-5-11(2-3-22-14)20-15-12(16)4-10(6-17)7-19-15/h4,7-9,11,14H,2-3,5H2,1H3,(H,19,20). The lowest BCUT2D eigenvalue weighted by Crippen LogP contribution is -2.31. The number of aryl methyl sites for hydroxylation is 1. The van der Waals surface area contributed by atoms with E-state index in [2.05, 4.69) is 15.3 Å². The second kappa shape index (κ2) is 6.34. The third-order valence-electron chi connectivity index (χ3n) is 3.78. The molecule has 6 nitrogen and oxygen atoms in total. The van der Waals surface area contributed by atoms with Crippen LogP contribution in [0.4, 0.5) is 5.82 Å². The van der Waals surface area contributed by atoms with Crippen molar-refractivity contribution < 1.29 is 4.74 Å². The van der Waals surface area contributed by atoms with Gasteiger partial charge in [-0.1, -0.05) is 11.6 Å². The number of hydrogen-bond acceptors (Lipinski definition) is 5. The van der Waals surface area contributed by atoms with E-state index in [0.29, 0.717) is 23.0 Å². The zero-order chi connectivity index (χ0) is 15.5. The Morgan fingerprint density at radius 1 is 1.50 bits per heavy atom. The van der Waals surface area contributed by atoms with Gasteiger partial charge in [-0.25, -0.2) is 9.97 Å². The molecule has 2 aromatic heterocycles. The summed E-state index contributed by atoms with van der Waals surface area (Å²) in [7, 11) is 1.96. The molecule has 1 N–H and O–H groups in total. The van der Waals surface area contributed by atoms with E-state index >= 15 is 0 Å². The summed E-state index contributed by atoms with van der Waals surface area (Å²) in [6, 6.07) is 3.86. The highest BCUT2D eigenvalue weighted by Crippen LogP contribution is 2.30. The van der Waals surface area contributed by atoms with Gasteiger partial charge in [0, 0.05) is 25.9 Å². The fourth-order valence-electron chi connectivity index (χ4n) is 2.61. The number of halogens is 1. The van der Waals surface area contributed by atoms with Crippen LogP contribution in [-0.4, -0.2) is 27.2 Å². The fourth-order valence-corrected chi connectivity index (χ4v) is 2.83. The molecule has 2 atom stereocenters. The van der Waals surface area contributed by atoms with Crippen molar-refractivity contribution in [2.24, 2.45) is 7.05 Å². The average molecular weight is 318 g/mol. The monoisotopic (exact) mass is 317 g/mol. The van der Waals surface area contributed by atoms with Crippen molar-refractivity contribution in [2.45, 2.75) is 25.0 Å². The smallest absolute Gasteiger partial charge is 0.145 e. The van der Waals surface area contributed by atoms with Crippen LogP contribution in [0.3, 0.4) is 0 Å². The van der Waals surface area contributed by atoms with Gasteiger partial charge < -0.3 is 14.6 Å². The quantitative estimate of drug-likeness (QED) is 0.942. The number of rotatable bonds is 3. The first-order chi connectivity index (χ1) is 10.7. The molecular weight excluding hydrogens is 302 g/mol. The van der Waals surface area contributed by atoms with Crippen LogP contribution in [0.5, 0.6) is 0 Å². The molecule has 1 aliphatic rings. The summed E-state index contributed by atoms with van der Waals surface area (Å²) in [6.07, 6.45) is 6.83. The summed E-state index contributed by atoms with van der Waals surface area (Å²) in [6.45, 7) is 0.668. The summed E-state index contributed by atoms with van der Waals surface area (Å²) in [5.41, 5.74) is 1.51. The predicted molar refractivity (Wildman–Crippen MR) is 82.5 cm³/mol. The number of nitriles is 1. The zero-order valence-corrected chi connectivity index (χ0v) is 12.9. The van der Waals surface area contributed by atoms with Crippen LogP contribution in [0, 0.1) is 11.3 Å². The van der Waals surface area contributed by atoms with E-state index in [1.807, 2.05) is 23.9 Å². The Labute approximate surface area is 133 Å². The molecule has 2 unspecified atom stereocenters. The van der Waals surface area contributed by atoms with E-state index < -0.39 is 0 Å². The second-order valence-corrected chi connectivity index (χ2v) is 5.73. The average Bonchev–Trinajstić information content (AvgIpc) is 2.96. The predicted octanol–water partition coefficient (Wildman–Crippen LogP) is 2.67. The van der Waals surface area contributed by atoms with Gasteiger partial charge in [-0.3, -0.25) is 0 Å². The molecule has 22 heavy (non-hydrogen) atoms. The van der Waals surface area contributed by atoms with Crippen LogP contribution in [0.25, 0.3) is 0 Å². The molecule has 0 bridgehead atoms. The number of nitrogens with one attached hydrogen (secondary N) is 1. The molecule has 0 spiro atoms. The summed E-state index contributed by atoms with van der Waals surface area (Å²) < 4.78 is 7.81. The maximum absolute atomic E-state index is 8.85. The minimum atomic E-state index is 0.0101. The van der Waals surface area contributed by atoms with Crippen LogP contribution in [0.15, 0.2) is 24.8 Å². The Morgan fingerprint density at radius 3 is 3.05 bits per heavy atom. The van der Waals surface area contributed by atoms with Crippen LogP contribution in [0.2, 0.25) is 5.02 Å². The Kier molecular flexibility index (Phi) is 4.27. The lowest BCUT2D eigenvalue weighted by atomic mass is 10.0. The van der Waals surface area contributed by atoms with E-state index in [0.717, 1.165) is 18.5 Å². The molecule has 0 saturated carbocycles. The molecule has 0 radical (unpaired) electrons.